The van der Waals surface area contributed by atoms with Gasteiger partial charge in [0, 0.05) is 24.8 Å². The number of H-pyrrole nitrogens is 1. The maximum atomic E-state index is 4.09. The van der Waals surface area contributed by atoms with Gasteiger partial charge in [-0.05, 0) is 19.4 Å². The van der Waals surface area contributed by atoms with E-state index in [1.807, 2.05) is 20.0 Å². The second-order valence-corrected chi connectivity index (χ2v) is 2.31. The molecule has 0 amide bonds. The van der Waals surface area contributed by atoms with Crippen molar-refractivity contribution in [1.82, 2.24) is 15.0 Å². The van der Waals surface area contributed by atoms with Crippen molar-refractivity contribution in [3.8, 4) is 0 Å². The van der Waals surface area contributed by atoms with Crippen LogP contribution < -0.4 is 0 Å². The number of rotatable bonds is 0. The standard InChI is InChI=1S/C8H11N3/c1-7-5-9-3-4-10-8(2)11-6-7/h3-6,9H,1-2H3. The van der Waals surface area contributed by atoms with E-state index in [-0.39, 0.29) is 0 Å². The zero-order valence-corrected chi connectivity index (χ0v) is 6.70. The number of nitrogens with zero attached hydrogens (tertiary/aromatic N) is 2. The molecule has 0 saturated carbocycles. The van der Waals surface area contributed by atoms with Crippen molar-refractivity contribution in [2.75, 3.05) is 0 Å². The van der Waals surface area contributed by atoms with Crippen LogP contribution in [0.1, 0.15) is 11.4 Å². The molecule has 0 radical (unpaired) electrons. The third kappa shape index (κ3) is 2.80. The third-order valence-corrected chi connectivity index (χ3v) is 1.20. The Morgan fingerprint density at radius 2 is 2.09 bits per heavy atom. The Hall–Kier alpha value is -1.38. The second-order valence-electron chi connectivity index (χ2n) is 2.31. The molecule has 0 bridgehead atoms. The number of hydrogen-bond donors (Lipinski definition) is 1. The lowest BCUT2D eigenvalue weighted by molar-refractivity contribution is 1.07. The van der Waals surface area contributed by atoms with Crippen molar-refractivity contribution < 1.29 is 0 Å². The number of aromatic nitrogens is 3. The fourth-order valence-electron chi connectivity index (χ4n) is 0.634. The minimum atomic E-state index is 0.762. The lowest BCUT2D eigenvalue weighted by Gasteiger charge is -1.80. The molecule has 0 saturated heterocycles. The molecule has 3 nitrogen and oxygen atoms in total. The van der Waals surface area contributed by atoms with Crippen molar-refractivity contribution in [2.45, 2.75) is 13.8 Å². The first kappa shape index (κ1) is 7.72. The molecule has 0 fully saturated rings. The summed E-state index contributed by atoms with van der Waals surface area (Å²) in [6, 6.07) is 0. The van der Waals surface area contributed by atoms with Gasteiger partial charge < -0.3 is 4.98 Å². The predicted molar refractivity (Wildman–Crippen MR) is 43.5 cm³/mol. The van der Waals surface area contributed by atoms with Crippen LogP contribution in [-0.4, -0.2) is 15.0 Å². The summed E-state index contributed by atoms with van der Waals surface area (Å²) in [6.07, 6.45) is 7.09. The van der Waals surface area contributed by atoms with Gasteiger partial charge in [-0.1, -0.05) is 0 Å². The summed E-state index contributed by atoms with van der Waals surface area (Å²) in [5.74, 6) is 0.762. The van der Waals surface area contributed by atoms with E-state index in [1.54, 1.807) is 18.6 Å². The Bertz CT molecular complexity index is 250. The summed E-state index contributed by atoms with van der Waals surface area (Å²) >= 11 is 0. The van der Waals surface area contributed by atoms with Gasteiger partial charge in [0.25, 0.3) is 0 Å². The molecule has 0 unspecified atom stereocenters. The van der Waals surface area contributed by atoms with E-state index in [0.29, 0.717) is 0 Å². The zero-order valence-electron chi connectivity index (χ0n) is 6.70. The molecule has 11 heavy (non-hydrogen) atoms. The highest BCUT2D eigenvalue weighted by Gasteiger charge is 1.77. The Balaban J connectivity index is 3.23. The van der Waals surface area contributed by atoms with Gasteiger partial charge in [-0.15, -0.1) is 0 Å². The summed E-state index contributed by atoms with van der Waals surface area (Å²) in [6.45, 7) is 3.84. The summed E-state index contributed by atoms with van der Waals surface area (Å²) in [5, 5.41) is 0. The number of hydrogen-bond acceptors (Lipinski definition) is 2. The second kappa shape index (κ2) is 3.71. The molecule has 0 aromatic carbocycles. The molecular weight excluding hydrogens is 138 g/mol. The molecule has 1 N–H and O–H groups in total. The first-order chi connectivity index (χ1) is 5.29. The van der Waals surface area contributed by atoms with Crippen molar-refractivity contribution in [2.24, 2.45) is 0 Å². The molecule has 0 atom stereocenters. The van der Waals surface area contributed by atoms with E-state index in [0.717, 1.165) is 11.4 Å². The van der Waals surface area contributed by atoms with Gasteiger partial charge >= 0.3 is 0 Å². The molecule has 58 valence electrons. The highest BCUT2D eigenvalue weighted by molar-refractivity contribution is 4.97. The van der Waals surface area contributed by atoms with E-state index in [9.17, 15) is 0 Å². The minimum Gasteiger partial charge on any atom is -0.366 e. The summed E-state index contributed by atoms with van der Waals surface area (Å²) in [4.78, 5) is 11.1. The number of nitrogens with one attached hydrogen (secondary N) is 1. The summed E-state index contributed by atoms with van der Waals surface area (Å²) < 4.78 is 0. The molecule has 0 aliphatic carbocycles. The lowest BCUT2D eigenvalue weighted by atomic mass is 10.4. The first-order valence-corrected chi connectivity index (χ1v) is 3.45. The molecular formula is C8H11N3. The van der Waals surface area contributed by atoms with Gasteiger partial charge in [-0.3, -0.25) is 0 Å². The van der Waals surface area contributed by atoms with E-state index in [4.69, 9.17) is 0 Å². The number of aryl methyl sites for hydroxylation is 2. The van der Waals surface area contributed by atoms with Crippen molar-refractivity contribution in [3.63, 3.8) is 0 Å². The Morgan fingerprint density at radius 3 is 2.91 bits per heavy atom. The fourth-order valence-corrected chi connectivity index (χ4v) is 0.634. The van der Waals surface area contributed by atoms with Crippen molar-refractivity contribution in [3.05, 3.63) is 36.2 Å². The van der Waals surface area contributed by atoms with Gasteiger partial charge in [0.2, 0.25) is 0 Å². The molecule has 0 aliphatic heterocycles. The molecule has 1 aromatic rings. The normalized spacial score (nSPS) is 8.91. The van der Waals surface area contributed by atoms with E-state index in [2.05, 4.69) is 15.0 Å². The summed E-state index contributed by atoms with van der Waals surface area (Å²) in [5.41, 5.74) is 1.08. The monoisotopic (exact) mass is 149 g/mol. The van der Waals surface area contributed by atoms with Gasteiger partial charge in [-0.25, -0.2) is 9.97 Å². The Kier molecular flexibility index (Phi) is 2.60. The SMILES string of the molecule is Cc1cnc(C)ncc[nH]c1. The first-order valence-electron chi connectivity index (χ1n) is 3.45. The van der Waals surface area contributed by atoms with E-state index >= 15 is 0 Å². The van der Waals surface area contributed by atoms with Crippen LogP contribution in [0.4, 0.5) is 0 Å². The maximum absolute atomic E-state index is 4.09. The Morgan fingerprint density at radius 1 is 1.27 bits per heavy atom. The molecule has 0 spiro atoms. The average Bonchev–Trinajstić information content (AvgIpc) is 2.06. The molecule has 1 aromatic heterocycles. The van der Waals surface area contributed by atoms with Crippen molar-refractivity contribution in [1.29, 1.82) is 0 Å². The molecule has 1 rings (SSSR count). The van der Waals surface area contributed by atoms with Crippen LogP contribution in [0.15, 0.2) is 24.8 Å². The van der Waals surface area contributed by atoms with Crippen molar-refractivity contribution >= 4 is 0 Å². The minimum absolute atomic E-state index is 0.762. The lowest BCUT2D eigenvalue weighted by Crippen LogP contribution is -1.77. The van der Waals surface area contributed by atoms with Crippen LogP contribution in [0.2, 0.25) is 0 Å². The van der Waals surface area contributed by atoms with Crippen LogP contribution in [0.25, 0.3) is 0 Å². The number of aromatic amines is 1. The van der Waals surface area contributed by atoms with E-state index < -0.39 is 0 Å². The van der Waals surface area contributed by atoms with Crippen LogP contribution in [0.3, 0.4) is 0 Å². The quantitative estimate of drug-likeness (QED) is 0.608. The summed E-state index contributed by atoms with van der Waals surface area (Å²) in [7, 11) is 0. The van der Waals surface area contributed by atoms with Crippen LogP contribution in [0.5, 0.6) is 0 Å². The van der Waals surface area contributed by atoms with Crippen LogP contribution in [0, 0.1) is 13.8 Å². The van der Waals surface area contributed by atoms with Crippen LogP contribution in [-0.2, 0) is 0 Å². The fraction of sp³-hybridized carbons (Fsp3) is 0.250. The highest BCUT2D eigenvalue weighted by atomic mass is 14.8. The third-order valence-electron chi connectivity index (χ3n) is 1.20. The Labute approximate surface area is 65.9 Å². The molecule has 1 heterocycles. The predicted octanol–water partition coefficient (Wildman–Crippen LogP) is 1.55. The largest absolute Gasteiger partial charge is 0.366 e. The zero-order chi connectivity index (χ0) is 8.10. The van der Waals surface area contributed by atoms with Gasteiger partial charge in [0.15, 0.2) is 0 Å². The van der Waals surface area contributed by atoms with Crippen LogP contribution >= 0.6 is 0 Å². The molecule has 3 heteroatoms. The van der Waals surface area contributed by atoms with E-state index in [1.165, 1.54) is 0 Å². The highest BCUT2D eigenvalue weighted by Crippen LogP contribution is 1.85. The van der Waals surface area contributed by atoms with Gasteiger partial charge in [0.05, 0.1) is 0 Å². The maximum Gasteiger partial charge on any atom is 0.125 e. The van der Waals surface area contributed by atoms with Gasteiger partial charge in [0.1, 0.15) is 5.82 Å². The average molecular weight is 149 g/mol. The molecule has 0 aliphatic rings. The topological polar surface area (TPSA) is 41.6 Å². The van der Waals surface area contributed by atoms with Gasteiger partial charge in [-0.2, -0.15) is 0 Å². The smallest absolute Gasteiger partial charge is 0.125 e.